The van der Waals surface area contributed by atoms with Crippen molar-refractivity contribution in [3.05, 3.63) is 120 Å². The van der Waals surface area contributed by atoms with Crippen LogP contribution in [0.25, 0.3) is 0 Å². The summed E-state index contributed by atoms with van der Waals surface area (Å²) in [5, 5.41) is 19.0. The van der Waals surface area contributed by atoms with Crippen LogP contribution in [-0.2, 0) is 21.7 Å². The molecule has 192 valence electrons. The average molecular weight is 513 g/mol. The average Bonchev–Trinajstić information content (AvgIpc) is 2.85. The number of benzene rings is 4. The Morgan fingerprint density at radius 2 is 0.973 bits per heavy atom. The molecule has 4 rings (SSSR count). The Labute approximate surface area is 224 Å². The third-order valence-electron chi connectivity index (χ3n) is 6.01. The van der Waals surface area contributed by atoms with Crippen LogP contribution < -0.4 is 5.11 Å². The predicted molar refractivity (Wildman–Crippen MR) is 152 cm³/mol. The summed E-state index contributed by atoms with van der Waals surface area (Å²) in [5.41, 5.74) is 2.94. The Bertz CT molecular complexity index is 1240. The minimum Gasteiger partial charge on any atom is -0.872 e. The van der Waals surface area contributed by atoms with Crippen molar-refractivity contribution in [3.8, 4) is 5.75 Å². The smallest absolute Gasteiger partial charge is 0.335 e. The molecule has 0 saturated heterocycles. The first-order valence-corrected chi connectivity index (χ1v) is 13.6. The van der Waals surface area contributed by atoms with E-state index in [1.807, 2.05) is 0 Å². The summed E-state index contributed by atoms with van der Waals surface area (Å²) in [7, 11) is -0.0847. The van der Waals surface area contributed by atoms with Gasteiger partial charge < -0.3 is 10.2 Å². The highest BCUT2D eigenvalue weighted by Crippen LogP contribution is 2.34. The Morgan fingerprint density at radius 3 is 1.32 bits per heavy atom. The van der Waals surface area contributed by atoms with Crippen molar-refractivity contribution in [2.24, 2.45) is 0 Å². The second-order valence-corrected chi connectivity index (χ2v) is 13.0. The summed E-state index contributed by atoms with van der Waals surface area (Å²) >= 11 is 0. The van der Waals surface area contributed by atoms with E-state index in [1.54, 1.807) is 0 Å². The zero-order valence-electron chi connectivity index (χ0n) is 22.5. The van der Waals surface area contributed by atoms with Crippen molar-refractivity contribution in [1.29, 1.82) is 0 Å². The van der Waals surface area contributed by atoms with Gasteiger partial charge in [-0.25, -0.2) is 4.79 Å². The molecule has 0 aliphatic rings. The van der Waals surface area contributed by atoms with Gasteiger partial charge in [-0.05, 0) is 64.4 Å². The highest BCUT2D eigenvalue weighted by atomic mass is 32.2. The van der Waals surface area contributed by atoms with Gasteiger partial charge in [0, 0.05) is 0 Å². The number of rotatable bonds is 4. The highest BCUT2D eigenvalue weighted by Gasteiger charge is 2.29. The van der Waals surface area contributed by atoms with Crippen molar-refractivity contribution in [1.82, 2.24) is 0 Å². The van der Waals surface area contributed by atoms with Crippen LogP contribution in [0.3, 0.4) is 0 Å². The van der Waals surface area contributed by atoms with Gasteiger partial charge in [0.1, 0.15) is 0 Å². The molecule has 0 unspecified atom stereocenters. The van der Waals surface area contributed by atoms with Crippen LogP contribution in [0.5, 0.6) is 5.75 Å². The monoisotopic (exact) mass is 512 g/mol. The van der Waals surface area contributed by atoms with E-state index < -0.39 is 11.7 Å². The number of carboxylic acid groups (broad SMARTS) is 1. The maximum atomic E-state index is 10.7. The van der Waals surface area contributed by atoms with Crippen LogP contribution in [0.2, 0.25) is 0 Å². The van der Waals surface area contributed by atoms with Crippen molar-refractivity contribution >= 4 is 16.9 Å². The molecule has 0 aromatic heterocycles. The molecule has 0 aliphatic carbocycles. The lowest BCUT2D eigenvalue weighted by Gasteiger charge is -2.20. The topological polar surface area (TPSA) is 60.4 Å². The molecule has 0 saturated carbocycles. The van der Waals surface area contributed by atoms with Crippen LogP contribution in [-0.4, -0.2) is 11.1 Å². The van der Waals surface area contributed by atoms with Crippen molar-refractivity contribution in [2.45, 2.75) is 67.1 Å². The molecule has 4 aromatic carbocycles. The molecule has 0 atom stereocenters. The highest BCUT2D eigenvalue weighted by molar-refractivity contribution is 7.97. The van der Waals surface area contributed by atoms with Gasteiger partial charge in [-0.3, -0.25) is 0 Å². The summed E-state index contributed by atoms with van der Waals surface area (Å²) < 4.78 is 0. The van der Waals surface area contributed by atoms with E-state index in [-0.39, 0.29) is 27.3 Å². The second kappa shape index (κ2) is 11.7. The third-order valence-corrected chi connectivity index (χ3v) is 8.24. The molecule has 4 aromatic rings. The summed E-state index contributed by atoms with van der Waals surface area (Å²) in [6.07, 6.45) is 0. The van der Waals surface area contributed by atoms with Gasteiger partial charge in [0.05, 0.1) is 16.5 Å². The van der Waals surface area contributed by atoms with Gasteiger partial charge in [0.15, 0.2) is 14.7 Å². The van der Waals surface area contributed by atoms with Crippen molar-refractivity contribution < 1.29 is 15.0 Å². The first kappa shape index (κ1) is 28.1. The van der Waals surface area contributed by atoms with E-state index in [9.17, 15) is 9.90 Å². The van der Waals surface area contributed by atoms with Gasteiger partial charge in [-0.1, -0.05) is 108 Å². The molecule has 0 aliphatic heterocycles. The lowest BCUT2D eigenvalue weighted by molar-refractivity contribution is -0.268. The minimum atomic E-state index is -1.18. The van der Waals surface area contributed by atoms with Crippen LogP contribution in [0.15, 0.2) is 118 Å². The van der Waals surface area contributed by atoms with Gasteiger partial charge in [-0.2, -0.15) is 0 Å². The predicted octanol–water partition coefficient (Wildman–Crippen LogP) is 7.84. The first-order valence-electron chi connectivity index (χ1n) is 12.4. The summed E-state index contributed by atoms with van der Waals surface area (Å²) in [4.78, 5) is 14.3. The lowest BCUT2D eigenvalue weighted by atomic mass is 9.87. The van der Waals surface area contributed by atoms with Gasteiger partial charge in [0.2, 0.25) is 0 Å². The SMILES string of the molecule is CC(C)(C)c1ccc([S+](c2ccccc2)c2ccc(C(C)(C)C)cc2)cc1.O=C(O)c1ccccc1[O-]. The van der Waals surface area contributed by atoms with E-state index >= 15 is 0 Å². The van der Waals surface area contributed by atoms with E-state index in [2.05, 4.69) is 120 Å². The molecule has 3 nitrogen and oxygen atoms in total. The molecule has 0 fully saturated rings. The fourth-order valence-corrected chi connectivity index (χ4v) is 5.85. The van der Waals surface area contributed by atoms with E-state index in [1.165, 1.54) is 50.1 Å². The number of hydrogen-bond donors (Lipinski definition) is 1. The number of carboxylic acids is 1. The molecular formula is C33H36O3S. The Hall–Kier alpha value is -3.50. The Balaban J connectivity index is 0.000000319. The fourth-order valence-electron chi connectivity index (χ4n) is 3.79. The molecule has 0 bridgehead atoms. The quantitative estimate of drug-likeness (QED) is 0.283. The fraction of sp³-hybridized carbons (Fsp3) is 0.242. The molecule has 37 heavy (non-hydrogen) atoms. The number of para-hydroxylation sites is 1. The maximum absolute atomic E-state index is 10.7. The number of carbonyl (C=O) groups is 1. The minimum absolute atomic E-state index is 0.0847. The van der Waals surface area contributed by atoms with Crippen LogP contribution >= 0.6 is 0 Å². The standard InChI is InChI=1S/C26H31S.C7H6O3/c1-25(2,3)20-12-16-23(17-13-20)27(22-10-8-7-9-11-22)24-18-14-21(15-19-24)26(4,5)6;8-6-4-2-1-3-5(6)7(9)10/h7-19H,1-6H3;1-4,8H,(H,9,10)/q+1;/p-1. The van der Waals surface area contributed by atoms with E-state index in [4.69, 9.17) is 5.11 Å². The maximum Gasteiger partial charge on any atom is 0.335 e. The Morgan fingerprint density at radius 1 is 0.595 bits per heavy atom. The van der Waals surface area contributed by atoms with E-state index in [0.29, 0.717) is 0 Å². The third kappa shape index (κ3) is 7.50. The molecule has 0 amide bonds. The van der Waals surface area contributed by atoms with Gasteiger partial charge in [0.25, 0.3) is 0 Å². The number of hydrogen-bond acceptors (Lipinski definition) is 2. The van der Waals surface area contributed by atoms with Crippen LogP contribution in [0, 0.1) is 0 Å². The first-order chi connectivity index (χ1) is 17.4. The summed E-state index contributed by atoms with van der Waals surface area (Å²) in [6.45, 7) is 13.6. The zero-order valence-corrected chi connectivity index (χ0v) is 23.3. The second-order valence-electron chi connectivity index (χ2n) is 11.0. The van der Waals surface area contributed by atoms with Crippen molar-refractivity contribution in [3.63, 3.8) is 0 Å². The van der Waals surface area contributed by atoms with Crippen LogP contribution in [0.1, 0.15) is 63.0 Å². The zero-order chi connectivity index (χ0) is 27.2. The van der Waals surface area contributed by atoms with Crippen molar-refractivity contribution in [2.75, 3.05) is 0 Å². The molecule has 0 heterocycles. The van der Waals surface area contributed by atoms with Gasteiger partial charge >= 0.3 is 5.97 Å². The molecule has 0 spiro atoms. The molecule has 0 radical (unpaired) electrons. The molecule has 4 heteroatoms. The lowest BCUT2D eigenvalue weighted by Crippen LogP contribution is -2.12. The largest absolute Gasteiger partial charge is 0.872 e. The van der Waals surface area contributed by atoms with E-state index in [0.717, 1.165) is 0 Å². The van der Waals surface area contributed by atoms with Crippen LogP contribution in [0.4, 0.5) is 0 Å². The molecular weight excluding hydrogens is 476 g/mol. The normalized spacial score (nSPS) is 11.5. The Kier molecular flexibility index (Phi) is 8.88. The number of aromatic carboxylic acids is 1. The summed E-state index contributed by atoms with van der Waals surface area (Å²) in [6, 6.07) is 34.8. The molecule has 1 N–H and O–H groups in total. The summed E-state index contributed by atoms with van der Waals surface area (Å²) in [5.74, 6) is -1.62. The van der Waals surface area contributed by atoms with Gasteiger partial charge in [-0.15, -0.1) is 0 Å².